The normalized spacial score (nSPS) is 12.2. The molecule has 3 rings (SSSR count). The van der Waals surface area contributed by atoms with E-state index >= 15 is 0 Å². The molecule has 6 heteroatoms. The van der Waals surface area contributed by atoms with Gasteiger partial charge in [-0.15, -0.1) is 0 Å². The van der Waals surface area contributed by atoms with Gasteiger partial charge >= 0.3 is 0 Å². The summed E-state index contributed by atoms with van der Waals surface area (Å²) >= 11 is 3.43. The lowest BCUT2D eigenvalue weighted by Crippen LogP contribution is -2.27. The number of halogens is 1. The fourth-order valence-electron chi connectivity index (χ4n) is 2.83. The van der Waals surface area contributed by atoms with Gasteiger partial charge in [0.1, 0.15) is 11.5 Å². The summed E-state index contributed by atoms with van der Waals surface area (Å²) in [6, 6.07) is 11.4. The van der Waals surface area contributed by atoms with Gasteiger partial charge in [0.05, 0.1) is 28.7 Å². The lowest BCUT2D eigenvalue weighted by Gasteiger charge is -2.12. The topological polar surface area (TPSA) is 60.1 Å². The molecule has 0 saturated heterocycles. The van der Waals surface area contributed by atoms with Gasteiger partial charge in [-0.3, -0.25) is 4.79 Å². The molecular formula is C19H20BrN3O2. The van der Waals surface area contributed by atoms with Crippen LogP contribution in [-0.4, -0.2) is 15.7 Å². The Hall–Kier alpha value is -2.34. The fraction of sp³-hybridized carbons (Fsp3) is 0.263. The van der Waals surface area contributed by atoms with Gasteiger partial charge in [-0.25, -0.2) is 4.68 Å². The summed E-state index contributed by atoms with van der Waals surface area (Å²) < 4.78 is 8.38. The van der Waals surface area contributed by atoms with Crippen molar-refractivity contribution in [3.63, 3.8) is 0 Å². The van der Waals surface area contributed by atoms with Crippen molar-refractivity contribution in [1.29, 1.82) is 0 Å². The van der Waals surface area contributed by atoms with Gasteiger partial charge in [0.25, 0.3) is 5.91 Å². The molecule has 0 aliphatic carbocycles. The zero-order chi connectivity index (χ0) is 18.1. The fourth-order valence-corrected chi connectivity index (χ4v) is 3.10. The first kappa shape index (κ1) is 17.5. The first-order chi connectivity index (χ1) is 11.9. The first-order valence-electron chi connectivity index (χ1n) is 8.06. The molecule has 0 radical (unpaired) electrons. The summed E-state index contributed by atoms with van der Waals surface area (Å²) in [5.74, 6) is 1.41. The molecule has 0 fully saturated rings. The summed E-state index contributed by atoms with van der Waals surface area (Å²) in [4.78, 5) is 12.8. The van der Waals surface area contributed by atoms with Crippen LogP contribution in [0.5, 0.6) is 0 Å². The maximum Gasteiger partial charge on any atom is 0.255 e. The molecule has 1 aromatic carbocycles. The van der Waals surface area contributed by atoms with Crippen molar-refractivity contribution in [2.45, 2.75) is 33.7 Å². The smallest absolute Gasteiger partial charge is 0.255 e. The maximum atomic E-state index is 12.8. The molecule has 1 atom stereocenters. The van der Waals surface area contributed by atoms with Crippen LogP contribution in [0.2, 0.25) is 0 Å². The minimum Gasteiger partial charge on any atom is -0.464 e. The van der Waals surface area contributed by atoms with Crippen LogP contribution < -0.4 is 5.32 Å². The van der Waals surface area contributed by atoms with E-state index in [0.29, 0.717) is 11.3 Å². The van der Waals surface area contributed by atoms with Gasteiger partial charge in [-0.05, 0) is 64.1 Å². The molecular weight excluding hydrogens is 382 g/mol. The number of rotatable bonds is 4. The number of carbonyl (C=O) groups is 1. The number of hydrogen-bond donors (Lipinski definition) is 1. The van der Waals surface area contributed by atoms with Gasteiger partial charge < -0.3 is 9.73 Å². The third kappa shape index (κ3) is 3.54. The number of furan rings is 1. The van der Waals surface area contributed by atoms with E-state index in [1.54, 1.807) is 4.68 Å². The Kier molecular flexibility index (Phi) is 4.81. The molecule has 25 heavy (non-hydrogen) atoms. The van der Waals surface area contributed by atoms with Crippen LogP contribution in [0, 0.1) is 20.8 Å². The van der Waals surface area contributed by atoms with E-state index < -0.39 is 0 Å². The van der Waals surface area contributed by atoms with E-state index in [-0.39, 0.29) is 11.9 Å². The Balaban J connectivity index is 1.87. The summed E-state index contributed by atoms with van der Waals surface area (Å²) in [5, 5.41) is 7.52. The molecule has 130 valence electrons. The summed E-state index contributed by atoms with van der Waals surface area (Å²) in [6.45, 7) is 7.53. The highest BCUT2D eigenvalue weighted by Gasteiger charge is 2.22. The first-order valence-corrected chi connectivity index (χ1v) is 8.85. The van der Waals surface area contributed by atoms with Crippen LogP contribution >= 0.6 is 15.9 Å². The van der Waals surface area contributed by atoms with Crippen LogP contribution in [0.15, 0.2) is 45.3 Å². The standard InChI is InChI=1S/C19H20BrN3O2/c1-11-5-10-17(25-11)12(2)21-19(24)18-13(3)22-23(14(18)4)16-8-6-15(20)7-9-16/h5-10,12H,1-4H3,(H,21,24). The van der Waals surface area contributed by atoms with Crippen LogP contribution in [0.4, 0.5) is 0 Å². The predicted octanol–water partition coefficient (Wildman–Crippen LogP) is 4.64. The van der Waals surface area contributed by atoms with Gasteiger partial charge in [0.15, 0.2) is 0 Å². The molecule has 1 N–H and O–H groups in total. The molecule has 0 saturated carbocycles. The van der Waals surface area contributed by atoms with E-state index in [4.69, 9.17) is 4.42 Å². The van der Waals surface area contributed by atoms with Crippen molar-refractivity contribution in [1.82, 2.24) is 15.1 Å². The van der Waals surface area contributed by atoms with Crippen LogP contribution in [-0.2, 0) is 0 Å². The number of aryl methyl sites for hydroxylation is 2. The molecule has 3 aromatic rings. The SMILES string of the molecule is Cc1ccc(C(C)NC(=O)c2c(C)nn(-c3ccc(Br)cc3)c2C)o1. The molecule has 0 bridgehead atoms. The molecule has 1 unspecified atom stereocenters. The maximum absolute atomic E-state index is 12.8. The number of nitrogens with zero attached hydrogens (tertiary/aromatic N) is 2. The molecule has 2 heterocycles. The molecule has 0 aliphatic rings. The summed E-state index contributed by atoms with van der Waals surface area (Å²) in [6.07, 6.45) is 0. The van der Waals surface area contributed by atoms with E-state index in [2.05, 4.69) is 26.3 Å². The zero-order valence-electron chi connectivity index (χ0n) is 14.6. The Bertz CT molecular complexity index is 909. The summed E-state index contributed by atoms with van der Waals surface area (Å²) in [7, 11) is 0. The zero-order valence-corrected chi connectivity index (χ0v) is 16.2. The number of nitrogens with one attached hydrogen (secondary N) is 1. The number of hydrogen-bond acceptors (Lipinski definition) is 3. The van der Waals surface area contributed by atoms with Gasteiger partial charge in [0, 0.05) is 4.47 Å². The predicted molar refractivity (Wildman–Crippen MR) is 100 cm³/mol. The third-order valence-corrected chi connectivity index (χ3v) is 4.65. The van der Waals surface area contributed by atoms with E-state index in [0.717, 1.165) is 27.4 Å². The highest BCUT2D eigenvalue weighted by Crippen LogP contribution is 2.21. The Labute approximate surface area is 155 Å². The lowest BCUT2D eigenvalue weighted by molar-refractivity contribution is 0.0934. The van der Waals surface area contributed by atoms with Gasteiger partial charge in [-0.1, -0.05) is 15.9 Å². The monoisotopic (exact) mass is 401 g/mol. The van der Waals surface area contributed by atoms with Crippen molar-refractivity contribution in [2.75, 3.05) is 0 Å². The molecule has 0 aliphatic heterocycles. The van der Waals surface area contributed by atoms with Crippen LogP contribution in [0.1, 0.15) is 46.2 Å². The number of amides is 1. The number of aromatic nitrogens is 2. The second-order valence-corrected chi connectivity index (χ2v) is 6.99. The Morgan fingerprint density at radius 1 is 1.16 bits per heavy atom. The molecule has 0 spiro atoms. The number of benzene rings is 1. The molecule has 5 nitrogen and oxygen atoms in total. The second kappa shape index (κ2) is 6.88. The highest BCUT2D eigenvalue weighted by molar-refractivity contribution is 9.10. The third-order valence-electron chi connectivity index (χ3n) is 4.13. The number of carbonyl (C=O) groups excluding carboxylic acids is 1. The van der Waals surface area contributed by atoms with E-state index in [9.17, 15) is 4.79 Å². The van der Waals surface area contributed by atoms with E-state index in [1.807, 2.05) is 64.1 Å². The van der Waals surface area contributed by atoms with Crippen molar-refractivity contribution in [3.8, 4) is 5.69 Å². The lowest BCUT2D eigenvalue weighted by atomic mass is 10.1. The van der Waals surface area contributed by atoms with Crippen molar-refractivity contribution >= 4 is 21.8 Å². The average Bonchev–Trinajstić information content (AvgIpc) is 3.12. The second-order valence-electron chi connectivity index (χ2n) is 6.08. The summed E-state index contributed by atoms with van der Waals surface area (Å²) in [5.41, 5.74) is 3.01. The molecule has 1 amide bonds. The Morgan fingerprint density at radius 3 is 2.44 bits per heavy atom. The van der Waals surface area contributed by atoms with Crippen LogP contribution in [0.25, 0.3) is 5.69 Å². The van der Waals surface area contributed by atoms with Crippen LogP contribution in [0.3, 0.4) is 0 Å². The average molecular weight is 402 g/mol. The highest BCUT2D eigenvalue weighted by atomic mass is 79.9. The van der Waals surface area contributed by atoms with Crippen molar-refractivity contribution < 1.29 is 9.21 Å². The quantitative estimate of drug-likeness (QED) is 0.692. The minimum absolute atomic E-state index is 0.153. The van der Waals surface area contributed by atoms with Gasteiger partial charge in [-0.2, -0.15) is 5.10 Å². The van der Waals surface area contributed by atoms with Gasteiger partial charge in [0.2, 0.25) is 0 Å². The largest absolute Gasteiger partial charge is 0.464 e. The minimum atomic E-state index is -0.212. The van der Waals surface area contributed by atoms with Crippen molar-refractivity contribution in [3.05, 3.63) is 69.3 Å². The molecule has 2 aromatic heterocycles. The van der Waals surface area contributed by atoms with Crippen molar-refractivity contribution in [2.24, 2.45) is 0 Å². The van der Waals surface area contributed by atoms with E-state index in [1.165, 1.54) is 0 Å². The Morgan fingerprint density at radius 2 is 1.84 bits per heavy atom.